The van der Waals surface area contributed by atoms with Crippen LogP contribution < -0.4 is 15.7 Å². The van der Waals surface area contributed by atoms with Crippen molar-refractivity contribution >= 4 is 39.2 Å². The molecule has 2 aromatic heterocycles. The summed E-state index contributed by atoms with van der Waals surface area (Å²) >= 11 is 3.15. The van der Waals surface area contributed by atoms with Gasteiger partial charge in [0.25, 0.3) is 0 Å². The first-order valence-electron chi connectivity index (χ1n) is 9.05. The second kappa shape index (κ2) is 8.31. The molecule has 0 atom stereocenters. The normalized spacial score (nSPS) is 15.1. The fraction of sp³-hybridized carbons (Fsp3) is 0.421. The summed E-state index contributed by atoms with van der Waals surface area (Å²) in [4.78, 5) is 11.9. The van der Waals surface area contributed by atoms with Crippen molar-refractivity contribution in [3.8, 4) is 5.75 Å². The van der Waals surface area contributed by atoms with Crippen LogP contribution in [-0.2, 0) is 5.75 Å². The SMILES string of the molecule is COc1ccc2c(CSc3nnc(NC4CCCCC4)s3)cc(=O)oc2c1. The maximum Gasteiger partial charge on any atom is 0.336 e. The molecule has 0 bridgehead atoms. The molecule has 1 aliphatic carbocycles. The predicted molar refractivity (Wildman–Crippen MR) is 109 cm³/mol. The quantitative estimate of drug-likeness (QED) is 0.472. The van der Waals surface area contributed by atoms with E-state index in [4.69, 9.17) is 9.15 Å². The first kappa shape index (κ1) is 18.3. The summed E-state index contributed by atoms with van der Waals surface area (Å²) in [6, 6.07) is 7.59. The van der Waals surface area contributed by atoms with Crippen molar-refractivity contribution in [2.24, 2.45) is 0 Å². The fourth-order valence-electron chi connectivity index (χ4n) is 3.34. The van der Waals surface area contributed by atoms with Crippen LogP contribution in [0.1, 0.15) is 37.7 Å². The molecule has 1 aliphatic rings. The van der Waals surface area contributed by atoms with Crippen molar-refractivity contribution in [2.45, 2.75) is 48.2 Å². The van der Waals surface area contributed by atoms with Gasteiger partial charge in [-0.25, -0.2) is 4.79 Å². The van der Waals surface area contributed by atoms with E-state index >= 15 is 0 Å². The van der Waals surface area contributed by atoms with Crippen LogP contribution in [0.15, 0.2) is 37.8 Å². The molecule has 2 heterocycles. The van der Waals surface area contributed by atoms with E-state index in [1.807, 2.05) is 12.1 Å². The molecule has 4 rings (SSSR count). The maximum atomic E-state index is 11.9. The van der Waals surface area contributed by atoms with E-state index in [-0.39, 0.29) is 5.63 Å². The Kier molecular flexibility index (Phi) is 5.63. The molecular formula is C19H21N3O3S2. The van der Waals surface area contributed by atoms with E-state index in [9.17, 15) is 4.79 Å². The van der Waals surface area contributed by atoms with Crippen molar-refractivity contribution in [1.29, 1.82) is 0 Å². The molecular weight excluding hydrogens is 382 g/mol. The first-order valence-corrected chi connectivity index (χ1v) is 10.8. The second-order valence-corrected chi connectivity index (χ2v) is 8.79. The zero-order valence-corrected chi connectivity index (χ0v) is 16.7. The highest BCUT2D eigenvalue weighted by atomic mass is 32.2. The van der Waals surface area contributed by atoms with Gasteiger partial charge in [-0.2, -0.15) is 0 Å². The molecule has 27 heavy (non-hydrogen) atoms. The minimum atomic E-state index is -0.358. The molecule has 3 aromatic rings. The second-order valence-electron chi connectivity index (χ2n) is 6.59. The lowest BCUT2D eigenvalue weighted by Gasteiger charge is -2.21. The van der Waals surface area contributed by atoms with Gasteiger partial charge in [-0.15, -0.1) is 10.2 Å². The highest BCUT2D eigenvalue weighted by molar-refractivity contribution is 8.00. The Bertz CT molecular complexity index is 980. The van der Waals surface area contributed by atoms with Crippen LogP contribution >= 0.6 is 23.1 Å². The van der Waals surface area contributed by atoms with Crippen molar-refractivity contribution in [3.63, 3.8) is 0 Å². The van der Waals surface area contributed by atoms with E-state index < -0.39 is 0 Å². The Balaban J connectivity index is 1.46. The van der Waals surface area contributed by atoms with Crippen molar-refractivity contribution in [1.82, 2.24) is 10.2 Å². The third-order valence-electron chi connectivity index (χ3n) is 4.73. The van der Waals surface area contributed by atoms with Gasteiger partial charge in [0.05, 0.1) is 7.11 Å². The predicted octanol–water partition coefficient (Wildman–Crippen LogP) is 4.69. The molecule has 0 amide bonds. The Labute approximate surface area is 165 Å². The third-order valence-corrected chi connectivity index (χ3v) is 6.76. The minimum Gasteiger partial charge on any atom is -0.497 e. The van der Waals surface area contributed by atoms with Gasteiger partial charge in [-0.05, 0) is 30.5 Å². The number of rotatable bonds is 6. The summed E-state index contributed by atoms with van der Waals surface area (Å²) in [7, 11) is 1.59. The molecule has 8 heteroatoms. The number of thioether (sulfide) groups is 1. The highest BCUT2D eigenvalue weighted by Crippen LogP contribution is 2.32. The van der Waals surface area contributed by atoms with Crippen LogP contribution in [0.5, 0.6) is 5.75 Å². The highest BCUT2D eigenvalue weighted by Gasteiger charge is 2.15. The van der Waals surface area contributed by atoms with Gasteiger partial charge in [0.1, 0.15) is 11.3 Å². The van der Waals surface area contributed by atoms with Crippen molar-refractivity contribution in [3.05, 3.63) is 40.2 Å². The summed E-state index contributed by atoms with van der Waals surface area (Å²) in [5, 5.41) is 13.8. The molecule has 142 valence electrons. The number of aromatic nitrogens is 2. The topological polar surface area (TPSA) is 77.3 Å². The largest absolute Gasteiger partial charge is 0.497 e. The van der Waals surface area contributed by atoms with Crippen LogP contribution in [0.2, 0.25) is 0 Å². The molecule has 0 unspecified atom stereocenters. The van der Waals surface area contributed by atoms with E-state index in [1.165, 1.54) is 32.1 Å². The lowest BCUT2D eigenvalue weighted by molar-refractivity contribution is 0.414. The number of anilines is 1. The number of nitrogens with zero attached hydrogens (tertiary/aromatic N) is 2. The zero-order chi connectivity index (χ0) is 18.6. The molecule has 6 nitrogen and oxygen atoms in total. The average Bonchev–Trinajstić information content (AvgIpc) is 3.13. The molecule has 1 N–H and O–H groups in total. The molecule has 1 fully saturated rings. The van der Waals surface area contributed by atoms with E-state index in [0.29, 0.717) is 23.1 Å². The van der Waals surface area contributed by atoms with Crippen molar-refractivity contribution < 1.29 is 9.15 Å². The Hall–Kier alpha value is -2.06. The maximum absolute atomic E-state index is 11.9. The number of methoxy groups -OCH3 is 1. The number of hydrogen-bond donors (Lipinski definition) is 1. The molecule has 0 spiro atoms. The van der Waals surface area contributed by atoms with E-state index in [1.54, 1.807) is 42.3 Å². The van der Waals surface area contributed by atoms with Crippen LogP contribution in [-0.4, -0.2) is 23.3 Å². The van der Waals surface area contributed by atoms with Gasteiger partial charge in [0.2, 0.25) is 5.13 Å². The Morgan fingerprint density at radius 2 is 2.11 bits per heavy atom. The standard InChI is InChI=1S/C19H21N3O3S2/c1-24-14-7-8-15-12(9-17(23)25-16(15)10-14)11-26-19-22-21-18(27-19)20-13-5-3-2-4-6-13/h7-10,13H,2-6,11H2,1H3,(H,20,21). The van der Waals surface area contributed by atoms with Gasteiger partial charge >= 0.3 is 5.63 Å². The average molecular weight is 404 g/mol. The first-order chi connectivity index (χ1) is 13.2. The number of nitrogens with one attached hydrogen (secondary N) is 1. The summed E-state index contributed by atoms with van der Waals surface area (Å²) in [6.07, 6.45) is 6.31. The van der Waals surface area contributed by atoms with Gasteiger partial charge in [0, 0.05) is 29.3 Å². The minimum absolute atomic E-state index is 0.358. The number of ether oxygens (including phenoxy) is 1. The lowest BCUT2D eigenvalue weighted by atomic mass is 9.96. The molecule has 0 radical (unpaired) electrons. The molecule has 1 aromatic carbocycles. The molecule has 0 aliphatic heterocycles. The molecule has 1 saturated carbocycles. The van der Waals surface area contributed by atoms with Gasteiger partial charge in [-0.1, -0.05) is 42.4 Å². The van der Waals surface area contributed by atoms with E-state index in [0.717, 1.165) is 20.4 Å². The summed E-state index contributed by atoms with van der Waals surface area (Å²) in [5.74, 6) is 1.30. The van der Waals surface area contributed by atoms with Gasteiger partial charge in [0.15, 0.2) is 4.34 Å². The number of benzene rings is 1. The van der Waals surface area contributed by atoms with Crippen molar-refractivity contribution in [2.75, 3.05) is 12.4 Å². The van der Waals surface area contributed by atoms with E-state index in [2.05, 4.69) is 15.5 Å². The smallest absolute Gasteiger partial charge is 0.336 e. The zero-order valence-electron chi connectivity index (χ0n) is 15.1. The van der Waals surface area contributed by atoms with Crippen LogP contribution in [0, 0.1) is 0 Å². The Morgan fingerprint density at radius 3 is 2.93 bits per heavy atom. The van der Waals surface area contributed by atoms with Crippen LogP contribution in [0.25, 0.3) is 11.0 Å². The monoisotopic (exact) mass is 403 g/mol. The Morgan fingerprint density at radius 1 is 1.26 bits per heavy atom. The fourth-order valence-corrected chi connectivity index (χ4v) is 5.16. The summed E-state index contributed by atoms with van der Waals surface area (Å²) < 4.78 is 11.4. The van der Waals surface area contributed by atoms with Gasteiger partial charge in [-0.3, -0.25) is 0 Å². The summed E-state index contributed by atoms with van der Waals surface area (Å²) in [6.45, 7) is 0. The van der Waals surface area contributed by atoms with Gasteiger partial charge < -0.3 is 14.5 Å². The van der Waals surface area contributed by atoms with Crippen LogP contribution in [0.4, 0.5) is 5.13 Å². The number of hydrogen-bond acceptors (Lipinski definition) is 8. The number of fused-ring (bicyclic) bond motifs is 1. The lowest BCUT2D eigenvalue weighted by Crippen LogP contribution is -2.21. The summed E-state index contributed by atoms with van der Waals surface area (Å²) in [5.41, 5.74) is 1.10. The third kappa shape index (κ3) is 4.44. The molecule has 0 saturated heterocycles. The van der Waals surface area contributed by atoms with Crippen LogP contribution in [0.3, 0.4) is 0 Å².